The van der Waals surface area contributed by atoms with E-state index < -0.39 is 0 Å². The minimum absolute atomic E-state index is 0.129. The molecular formula is C21H23N5O3. The van der Waals surface area contributed by atoms with Crippen LogP contribution in [0.2, 0.25) is 0 Å². The summed E-state index contributed by atoms with van der Waals surface area (Å²) >= 11 is 0. The van der Waals surface area contributed by atoms with Crippen LogP contribution < -0.4 is 15.0 Å². The van der Waals surface area contributed by atoms with Gasteiger partial charge < -0.3 is 24.3 Å². The molecule has 2 aromatic heterocycles. The van der Waals surface area contributed by atoms with Gasteiger partial charge in [-0.05, 0) is 43.3 Å². The molecule has 2 amide bonds. The van der Waals surface area contributed by atoms with Gasteiger partial charge in [0, 0.05) is 26.2 Å². The van der Waals surface area contributed by atoms with Crippen molar-refractivity contribution >= 4 is 17.5 Å². The molecule has 1 saturated heterocycles. The van der Waals surface area contributed by atoms with Crippen LogP contribution in [0.15, 0.2) is 59.2 Å². The largest absolute Gasteiger partial charge is 0.492 e. The van der Waals surface area contributed by atoms with Crippen molar-refractivity contribution < 1.29 is 13.9 Å². The Balaban J connectivity index is 1.34. The number of hydrogen-bond donors (Lipinski definition) is 1. The first kappa shape index (κ1) is 18.8. The molecule has 0 aliphatic carbocycles. The third kappa shape index (κ3) is 4.31. The van der Waals surface area contributed by atoms with Crippen molar-refractivity contribution in [1.82, 2.24) is 15.1 Å². The maximum absolute atomic E-state index is 12.6. The third-order valence-corrected chi connectivity index (χ3v) is 4.74. The smallest absolute Gasteiger partial charge is 0.322 e. The van der Waals surface area contributed by atoms with Gasteiger partial charge in [-0.15, -0.1) is 10.2 Å². The summed E-state index contributed by atoms with van der Waals surface area (Å²) in [5, 5.41) is 11.5. The standard InChI is InChI=1S/C21H23N5O3/c1-2-28-18-7-4-3-6-16(18)22-21(27)26-13-11-25(12-14-26)20-10-9-17(23-24-20)19-8-5-15-29-19/h3-10,15H,2,11-14H2,1H3,(H,22,27). The van der Waals surface area contributed by atoms with E-state index in [0.29, 0.717) is 55.7 Å². The highest BCUT2D eigenvalue weighted by Gasteiger charge is 2.23. The van der Waals surface area contributed by atoms with Gasteiger partial charge in [0.2, 0.25) is 0 Å². The van der Waals surface area contributed by atoms with Crippen LogP contribution in [-0.2, 0) is 0 Å². The highest BCUT2D eigenvalue weighted by atomic mass is 16.5. The number of benzene rings is 1. The Morgan fingerprint density at radius 2 is 1.90 bits per heavy atom. The van der Waals surface area contributed by atoms with Crippen LogP contribution in [0.5, 0.6) is 5.75 Å². The number of piperazine rings is 1. The van der Waals surface area contributed by atoms with E-state index in [-0.39, 0.29) is 6.03 Å². The summed E-state index contributed by atoms with van der Waals surface area (Å²) < 4.78 is 10.9. The Morgan fingerprint density at radius 1 is 1.07 bits per heavy atom. The number of urea groups is 1. The normalized spacial score (nSPS) is 14.0. The second-order valence-corrected chi connectivity index (χ2v) is 6.59. The molecule has 0 radical (unpaired) electrons. The topological polar surface area (TPSA) is 83.7 Å². The van der Waals surface area contributed by atoms with Crippen molar-refractivity contribution in [3.8, 4) is 17.2 Å². The molecule has 1 fully saturated rings. The molecule has 0 saturated carbocycles. The Morgan fingerprint density at radius 3 is 2.59 bits per heavy atom. The van der Waals surface area contributed by atoms with E-state index in [1.54, 1.807) is 11.2 Å². The first-order valence-electron chi connectivity index (χ1n) is 9.65. The predicted molar refractivity (Wildman–Crippen MR) is 110 cm³/mol. The summed E-state index contributed by atoms with van der Waals surface area (Å²) in [6.45, 7) is 5.05. The van der Waals surface area contributed by atoms with Gasteiger partial charge in [-0.2, -0.15) is 0 Å². The molecule has 4 rings (SSSR count). The van der Waals surface area contributed by atoms with Crippen molar-refractivity contribution in [1.29, 1.82) is 0 Å². The number of para-hydroxylation sites is 2. The zero-order chi connectivity index (χ0) is 20.1. The SMILES string of the molecule is CCOc1ccccc1NC(=O)N1CCN(c2ccc(-c3ccco3)nn2)CC1. The van der Waals surface area contributed by atoms with Gasteiger partial charge in [0.05, 0.1) is 18.6 Å². The molecule has 1 N–H and O–H groups in total. The molecule has 8 heteroatoms. The quantitative estimate of drug-likeness (QED) is 0.714. The van der Waals surface area contributed by atoms with Crippen LogP contribution in [0.25, 0.3) is 11.5 Å². The zero-order valence-electron chi connectivity index (χ0n) is 16.2. The number of rotatable bonds is 5. The number of anilines is 2. The van der Waals surface area contributed by atoms with E-state index in [1.165, 1.54) is 0 Å². The van der Waals surface area contributed by atoms with E-state index in [0.717, 1.165) is 5.82 Å². The molecule has 3 aromatic rings. The molecule has 0 unspecified atom stereocenters. The summed E-state index contributed by atoms with van der Waals surface area (Å²) in [7, 11) is 0. The predicted octanol–water partition coefficient (Wildman–Crippen LogP) is 3.49. The summed E-state index contributed by atoms with van der Waals surface area (Å²) in [5.74, 6) is 2.16. The molecule has 1 aliphatic rings. The first-order chi connectivity index (χ1) is 14.2. The number of nitrogens with one attached hydrogen (secondary N) is 1. The fourth-order valence-electron chi connectivity index (χ4n) is 3.23. The Labute approximate surface area is 169 Å². The lowest BCUT2D eigenvalue weighted by Crippen LogP contribution is -2.50. The number of carbonyl (C=O) groups is 1. The maximum atomic E-state index is 12.6. The number of nitrogens with zero attached hydrogens (tertiary/aromatic N) is 4. The van der Waals surface area contributed by atoms with Gasteiger partial charge >= 0.3 is 6.03 Å². The molecule has 1 aromatic carbocycles. The Bertz CT molecular complexity index is 935. The van der Waals surface area contributed by atoms with E-state index >= 15 is 0 Å². The molecule has 8 nitrogen and oxygen atoms in total. The van der Waals surface area contributed by atoms with Gasteiger partial charge in [-0.3, -0.25) is 0 Å². The summed E-state index contributed by atoms with van der Waals surface area (Å²) in [6, 6.07) is 14.8. The summed E-state index contributed by atoms with van der Waals surface area (Å²) in [6.07, 6.45) is 1.61. The van der Waals surface area contributed by atoms with Crippen molar-refractivity contribution in [3.05, 3.63) is 54.8 Å². The lowest BCUT2D eigenvalue weighted by molar-refractivity contribution is 0.208. The molecule has 0 atom stereocenters. The molecule has 0 spiro atoms. The van der Waals surface area contributed by atoms with Crippen LogP contribution in [-0.4, -0.2) is 53.9 Å². The van der Waals surface area contributed by atoms with E-state index in [1.807, 2.05) is 55.5 Å². The van der Waals surface area contributed by atoms with E-state index in [9.17, 15) is 4.79 Å². The molecule has 3 heterocycles. The lowest BCUT2D eigenvalue weighted by Gasteiger charge is -2.35. The number of hydrogen-bond acceptors (Lipinski definition) is 6. The fourth-order valence-corrected chi connectivity index (χ4v) is 3.23. The lowest BCUT2D eigenvalue weighted by atomic mass is 10.2. The van der Waals surface area contributed by atoms with Crippen molar-refractivity contribution in [2.24, 2.45) is 0 Å². The van der Waals surface area contributed by atoms with Gasteiger partial charge in [0.1, 0.15) is 11.4 Å². The highest BCUT2D eigenvalue weighted by Crippen LogP contribution is 2.24. The van der Waals surface area contributed by atoms with E-state index in [2.05, 4.69) is 20.4 Å². The number of ether oxygens (including phenoxy) is 1. The van der Waals surface area contributed by atoms with Crippen LogP contribution >= 0.6 is 0 Å². The van der Waals surface area contributed by atoms with Gasteiger partial charge in [0.25, 0.3) is 0 Å². The summed E-state index contributed by atoms with van der Waals surface area (Å²) in [5.41, 5.74) is 1.38. The van der Waals surface area contributed by atoms with Crippen molar-refractivity contribution in [2.45, 2.75) is 6.92 Å². The molecule has 29 heavy (non-hydrogen) atoms. The van der Waals surface area contributed by atoms with Gasteiger partial charge in [0.15, 0.2) is 11.6 Å². The first-order valence-corrected chi connectivity index (χ1v) is 9.65. The van der Waals surface area contributed by atoms with E-state index in [4.69, 9.17) is 9.15 Å². The second-order valence-electron chi connectivity index (χ2n) is 6.59. The maximum Gasteiger partial charge on any atom is 0.322 e. The number of amides is 2. The van der Waals surface area contributed by atoms with Crippen LogP contribution in [0.4, 0.5) is 16.3 Å². The number of furan rings is 1. The zero-order valence-corrected chi connectivity index (χ0v) is 16.2. The average molecular weight is 393 g/mol. The van der Waals surface area contributed by atoms with Crippen molar-refractivity contribution in [2.75, 3.05) is 43.0 Å². The Hall–Kier alpha value is -3.55. The second kappa shape index (κ2) is 8.64. The third-order valence-electron chi connectivity index (χ3n) is 4.74. The molecule has 1 aliphatic heterocycles. The fraction of sp³-hybridized carbons (Fsp3) is 0.286. The highest BCUT2D eigenvalue weighted by molar-refractivity contribution is 5.91. The minimum atomic E-state index is -0.129. The molecule has 0 bridgehead atoms. The Kier molecular flexibility index (Phi) is 5.60. The van der Waals surface area contributed by atoms with Gasteiger partial charge in [-0.25, -0.2) is 4.79 Å². The molecule has 150 valence electrons. The summed E-state index contributed by atoms with van der Waals surface area (Å²) in [4.78, 5) is 16.6. The van der Waals surface area contributed by atoms with Crippen LogP contribution in [0.1, 0.15) is 6.92 Å². The number of aromatic nitrogens is 2. The van der Waals surface area contributed by atoms with Crippen molar-refractivity contribution in [3.63, 3.8) is 0 Å². The van der Waals surface area contributed by atoms with Gasteiger partial charge in [-0.1, -0.05) is 12.1 Å². The monoisotopic (exact) mass is 393 g/mol. The average Bonchev–Trinajstić information content (AvgIpc) is 3.30. The number of carbonyl (C=O) groups excluding carboxylic acids is 1. The molecular weight excluding hydrogens is 370 g/mol. The van der Waals surface area contributed by atoms with Crippen LogP contribution in [0.3, 0.4) is 0 Å². The minimum Gasteiger partial charge on any atom is -0.492 e. The van der Waals surface area contributed by atoms with Crippen LogP contribution in [0, 0.1) is 0 Å².